The Bertz CT molecular complexity index is 495. The highest BCUT2D eigenvalue weighted by Gasteiger charge is 2.26. The molecule has 0 bridgehead atoms. The van der Waals surface area contributed by atoms with E-state index in [1.54, 1.807) is 11.8 Å². The quantitative estimate of drug-likeness (QED) is 0.498. The lowest BCUT2D eigenvalue weighted by molar-refractivity contribution is -0.134. The van der Waals surface area contributed by atoms with E-state index in [2.05, 4.69) is 16.0 Å². The molecule has 0 aromatic heterocycles. The van der Waals surface area contributed by atoms with Crippen molar-refractivity contribution in [1.29, 1.82) is 0 Å². The fraction of sp³-hybridized carbons (Fsp3) is 0.765. The van der Waals surface area contributed by atoms with Gasteiger partial charge in [0.05, 0.1) is 6.54 Å². The summed E-state index contributed by atoms with van der Waals surface area (Å²) >= 11 is 0. The van der Waals surface area contributed by atoms with E-state index in [0.29, 0.717) is 12.8 Å². The second kappa shape index (κ2) is 10.0. The van der Waals surface area contributed by atoms with Gasteiger partial charge in [-0.05, 0) is 39.0 Å². The summed E-state index contributed by atoms with van der Waals surface area (Å²) in [7, 11) is 0. The summed E-state index contributed by atoms with van der Waals surface area (Å²) in [5.41, 5.74) is 0. The van der Waals surface area contributed by atoms with Crippen molar-refractivity contribution >= 4 is 24.1 Å². The first-order chi connectivity index (χ1) is 11.8. The van der Waals surface area contributed by atoms with Crippen LogP contribution in [0.3, 0.4) is 0 Å². The number of carbonyl (C=O) groups is 4. The van der Waals surface area contributed by atoms with E-state index in [0.717, 1.165) is 19.4 Å². The topological polar surface area (TPSA) is 108 Å². The minimum atomic E-state index is -0.792. The molecule has 0 aliphatic carbocycles. The van der Waals surface area contributed by atoms with Crippen molar-refractivity contribution in [3.63, 3.8) is 0 Å². The molecule has 0 aromatic rings. The van der Waals surface area contributed by atoms with Crippen LogP contribution in [0.5, 0.6) is 0 Å². The lowest BCUT2D eigenvalue weighted by Crippen LogP contribution is -2.53. The van der Waals surface area contributed by atoms with Gasteiger partial charge < -0.3 is 20.9 Å². The number of rotatable bonds is 9. The van der Waals surface area contributed by atoms with Gasteiger partial charge in [0.25, 0.3) is 0 Å². The summed E-state index contributed by atoms with van der Waals surface area (Å²) in [6.07, 6.45) is 2.92. The van der Waals surface area contributed by atoms with E-state index in [1.165, 1.54) is 0 Å². The predicted molar refractivity (Wildman–Crippen MR) is 93.5 cm³/mol. The molecule has 4 amide bonds. The minimum absolute atomic E-state index is 0.0780. The van der Waals surface area contributed by atoms with Gasteiger partial charge in [-0.25, -0.2) is 0 Å². The van der Waals surface area contributed by atoms with Crippen molar-refractivity contribution in [2.24, 2.45) is 5.92 Å². The molecule has 0 saturated carbocycles. The highest BCUT2D eigenvalue weighted by molar-refractivity contribution is 5.92. The van der Waals surface area contributed by atoms with Crippen LogP contribution in [0.1, 0.15) is 47.0 Å². The van der Waals surface area contributed by atoms with Gasteiger partial charge in [0, 0.05) is 12.6 Å². The number of nitrogens with zero attached hydrogens (tertiary/aromatic N) is 1. The van der Waals surface area contributed by atoms with E-state index in [9.17, 15) is 19.2 Å². The Morgan fingerprint density at radius 3 is 2.40 bits per heavy atom. The molecule has 8 nitrogen and oxygen atoms in total. The number of carbonyl (C=O) groups excluding carboxylic acids is 4. The summed E-state index contributed by atoms with van der Waals surface area (Å²) in [6.45, 7) is 8.05. The van der Waals surface area contributed by atoms with Crippen molar-refractivity contribution < 1.29 is 19.2 Å². The Labute approximate surface area is 149 Å². The molecular weight excluding hydrogens is 324 g/mol. The van der Waals surface area contributed by atoms with E-state index in [-0.39, 0.29) is 24.4 Å². The number of hydrogen-bond donors (Lipinski definition) is 3. The average Bonchev–Trinajstić information content (AvgIpc) is 2.97. The average molecular weight is 354 g/mol. The number of nitrogens with one attached hydrogen (secondary N) is 3. The third-order valence-electron chi connectivity index (χ3n) is 4.33. The molecule has 3 atom stereocenters. The summed E-state index contributed by atoms with van der Waals surface area (Å²) in [5, 5.41) is 7.60. The number of hydrogen-bond acceptors (Lipinski definition) is 4. The minimum Gasteiger partial charge on any atom is -0.347 e. The Hall–Kier alpha value is -2.12. The van der Waals surface area contributed by atoms with E-state index in [4.69, 9.17) is 0 Å². The van der Waals surface area contributed by atoms with Crippen molar-refractivity contribution in [2.45, 2.75) is 65.1 Å². The molecule has 142 valence electrons. The normalized spacial score (nSPS) is 19.2. The monoisotopic (exact) mass is 354 g/mol. The van der Waals surface area contributed by atoms with Gasteiger partial charge in [-0.15, -0.1) is 0 Å². The van der Waals surface area contributed by atoms with Crippen LogP contribution >= 0.6 is 0 Å². The van der Waals surface area contributed by atoms with Gasteiger partial charge in [-0.3, -0.25) is 19.2 Å². The predicted octanol–water partition coefficient (Wildman–Crippen LogP) is -0.221. The smallest absolute Gasteiger partial charge is 0.243 e. The molecular formula is C17H30N4O4. The molecule has 1 aliphatic heterocycles. The van der Waals surface area contributed by atoms with Gasteiger partial charge in [0.1, 0.15) is 12.1 Å². The Balaban J connectivity index is 2.45. The standard InChI is InChI=1S/C17H30N4O4/c1-11(2)8-14(19-10-22)17(25)20-13(4)16(24)18-9-15(23)21-7-5-6-12(21)3/h10-14H,5-9H2,1-4H3,(H,18,24)(H,19,22)(H,20,25)/t12-,13+,14+/m1/s1. The zero-order chi connectivity index (χ0) is 19.0. The van der Waals surface area contributed by atoms with Crippen LogP contribution < -0.4 is 16.0 Å². The first-order valence-electron chi connectivity index (χ1n) is 8.83. The number of likely N-dealkylation sites (tertiary alicyclic amines) is 1. The molecule has 1 aliphatic rings. The molecule has 1 rings (SSSR count). The fourth-order valence-electron chi connectivity index (χ4n) is 2.90. The Morgan fingerprint density at radius 2 is 1.88 bits per heavy atom. The molecule has 0 spiro atoms. The maximum absolute atomic E-state index is 12.2. The summed E-state index contributed by atoms with van der Waals surface area (Å²) in [4.78, 5) is 48.8. The van der Waals surface area contributed by atoms with E-state index in [1.807, 2.05) is 20.8 Å². The van der Waals surface area contributed by atoms with Gasteiger partial charge in [0.2, 0.25) is 24.1 Å². The second-order valence-electron chi connectivity index (χ2n) is 6.99. The van der Waals surface area contributed by atoms with Crippen LogP contribution in [0.2, 0.25) is 0 Å². The third kappa shape index (κ3) is 6.72. The van der Waals surface area contributed by atoms with E-state index < -0.39 is 23.9 Å². The van der Waals surface area contributed by atoms with Crippen molar-refractivity contribution in [1.82, 2.24) is 20.9 Å². The van der Waals surface area contributed by atoms with Crippen LogP contribution in [0.25, 0.3) is 0 Å². The summed E-state index contributed by atoms with van der Waals surface area (Å²) < 4.78 is 0. The van der Waals surface area contributed by atoms with Crippen LogP contribution in [-0.4, -0.2) is 60.2 Å². The lowest BCUT2D eigenvalue weighted by atomic mass is 10.0. The molecule has 0 aromatic carbocycles. The van der Waals surface area contributed by atoms with Gasteiger partial charge >= 0.3 is 0 Å². The highest BCUT2D eigenvalue weighted by atomic mass is 16.2. The Morgan fingerprint density at radius 1 is 1.20 bits per heavy atom. The zero-order valence-corrected chi connectivity index (χ0v) is 15.5. The SMILES string of the molecule is CC(C)C[C@H](NC=O)C(=O)N[C@@H](C)C(=O)NCC(=O)N1CCC[C@H]1C. The first-order valence-corrected chi connectivity index (χ1v) is 8.83. The lowest BCUT2D eigenvalue weighted by Gasteiger charge is -2.23. The highest BCUT2D eigenvalue weighted by Crippen LogP contribution is 2.15. The molecule has 8 heteroatoms. The first kappa shape index (κ1) is 20.9. The molecule has 25 heavy (non-hydrogen) atoms. The molecule has 0 unspecified atom stereocenters. The molecule has 3 N–H and O–H groups in total. The summed E-state index contributed by atoms with van der Waals surface area (Å²) in [6, 6.07) is -1.27. The van der Waals surface area contributed by atoms with Crippen molar-refractivity contribution in [3.05, 3.63) is 0 Å². The van der Waals surface area contributed by atoms with Gasteiger partial charge in [-0.1, -0.05) is 13.8 Å². The van der Waals surface area contributed by atoms with Crippen LogP contribution in [-0.2, 0) is 19.2 Å². The number of amides is 4. The Kier molecular flexibility index (Phi) is 8.37. The maximum Gasteiger partial charge on any atom is 0.243 e. The van der Waals surface area contributed by atoms with Crippen LogP contribution in [0, 0.1) is 5.92 Å². The molecule has 0 radical (unpaired) electrons. The zero-order valence-electron chi connectivity index (χ0n) is 15.5. The van der Waals surface area contributed by atoms with Gasteiger partial charge in [-0.2, -0.15) is 0 Å². The van der Waals surface area contributed by atoms with E-state index >= 15 is 0 Å². The van der Waals surface area contributed by atoms with Crippen LogP contribution in [0.15, 0.2) is 0 Å². The van der Waals surface area contributed by atoms with Gasteiger partial charge in [0.15, 0.2) is 0 Å². The summed E-state index contributed by atoms with van der Waals surface area (Å²) in [5.74, 6) is -0.740. The molecule has 1 fully saturated rings. The largest absolute Gasteiger partial charge is 0.347 e. The van der Waals surface area contributed by atoms with Crippen molar-refractivity contribution in [2.75, 3.05) is 13.1 Å². The third-order valence-corrected chi connectivity index (χ3v) is 4.33. The molecule has 1 saturated heterocycles. The maximum atomic E-state index is 12.2. The van der Waals surface area contributed by atoms with Crippen LogP contribution in [0.4, 0.5) is 0 Å². The second-order valence-corrected chi connectivity index (χ2v) is 6.99. The fourth-order valence-corrected chi connectivity index (χ4v) is 2.90. The molecule has 1 heterocycles. The van der Waals surface area contributed by atoms with Crippen molar-refractivity contribution in [3.8, 4) is 0 Å².